The third kappa shape index (κ3) is 4.13. The van der Waals surface area contributed by atoms with E-state index in [1.54, 1.807) is 11.3 Å². The maximum absolute atomic E-state index is 6.13. The highest BCUT2D eigenvalue weighted by Crippen LogP contribution is 2.16. The van der Waals surface area contributed by atoms with E-state index in [4.69, 9.17) is 15.0 Å². The molecule has 0 aliphatic rings. The van der Waals surface area contributed by atoms with E-state index in [2.05, 4.69) is 27.7 Å². The van der Waals surface area contributed by atoms with E-state index >= 15 is 0 Å². The van der Waals surface area contributed by atoms with Gasteiger partial charge in [0.2, 0.25) is 5.89 Å². The molecule has 0 saturated heterocycles. The van der Waals surface area contributed by atoms with Crippen LogP contribution in [-0.2, 0) is 23.1 Å². The first-order chi connectivity index (χ1) is 9.62. The fraction of sp³-hybridized carbons (Fsp3) is 0.571. The molecule has 2 aromatic rings. The van der Waals surface area contributed by atoms with E-state index in [-0.39, 0.29) is 0 Å². The first-order valence-corrected chi connectivity index (χ1v) is 7.72. The van der Waals surface area contributed by atoms with Crippen LogP contribution in [0.1, 0.15) is 36.9 Å². The maximum Gasteiger partial charge on any atom is 0.226 e. The predicted octanol–water partition coefficient (Wildman–Crippen LogP) is 2.52. The van der Waals surface area contributed by atoms with Gasteiger partial charge in [0.1, 0.15) is 5.54 Å². The lowest BCUT2D eigenvalue weighted by atomic mass is 10.1. The van der Waals surface area contributed by atoms with Gasteiger partial charge in [-0.05, 0) is 38.1 Å². The SMILES string of the molecule is CCOCC(C)(N)c1noc(CCCc2cccs2)n1. The summed E-state index contributed by atoms with van der Waals surface area (Å²) in [5, 5.41) is 6.06. The summed E-state index contributed by atoms with van der Waals surface area (Å²) in [5.41, 5.74) is 5.43. The number of hydrogen-bond donors (Lipinski definition) is 1. The Morgan fingerprint density at radius 3 is 3.00 bits per heavy atom. The number of rotatable bonds is 8. The minimum Gasteiger partial charge on any atom is -0.379 e. The molecule has 5 nitrogen and oxygen atoms in total. The summed E-state index contributed by atoms with van der Waals surface area (Å²) >= 11 is 1.77. The number of aromatic nitrogens is 2. The molecule has 2 heterocycles. The van der Waals surface area contributed by atoms with Gasteiger partial charge in [-0.2, -0.15) is 4.98 Å². The highest BCUT2D eigenvalue weighted by molar-refractivity contribution is 7.09. The smallest absolute Gasteiger partial charge is 0.226 e. The van der Waals surface area contributed by atoms with Crippen LogP contribution in [-0.4, -0.2) is 23.4 Å². The molecule has 2 N–H and O–H groups in total. The summed E-state index contributed by atoms with van der Waals surface area (Å²) in [4.78, 5) is 5.75. The molecule has 0 saturated carbocycles. The van der Waals surface area contributed by atoms with Gasteiger partial charge in [-0.15, -0.1) is 11.3 Å². The molecule has 1 atom stereocenters. The fourth-order valence-corrected chi connectivity index (χ4v) is 2.59. The Labute approximate surface area is 123 Å². The molecule has 6 heteroatoms. The number of hydrogen-bond acceptors (Lipinski definition) is 6. The van der Waals surface area contributed by atoms with Crippen molar-refractivity contribution in [2.45, 2.75) is 38.6 Å². The number of aryl methyl sites for hydroxylation is 2. The van der Waals surface area contributed by atoms with Gasteiger partial charge in [-0.3, -0.25) is 0 Å². The van der Waals surface area contributed by atoms with Crippen LogP contribution in [0, 0.1) is 0 Å². The molecule has 1 unspecified atom stereocenters. The van der Waals surface area contributed by atoms with Gasteiger partial charge in [0.05, 0.1) is 6.61 Å². The lowest BCUT2D eigenvalue weighted by Crippen LogP contribution is -2.39. The number of nitrogens with zero attached hydrogens (tertiary/aromatic N) is 2. The van der Waals surface area contributed by atoms with Crippen molar-refractivity contribution in [1.82, 2.24) is 10.1 Å². The average molecular weight is 295 g/mol. The third-order valence-electron chi connectivity index (χ3n) is 2.98. The molecular formula is C14H21N3O2S. The van der Waals surface area contributed by atoms with E-state index in [1.165, 1.54) is 4.88 Å². The van der Waals surface area contributed by atoms with E-state index in [0.29, 0.717) is 24.9 Å². The van der Waals surface area contributed by atoms with Crippen LogP contribution >= 0.6 is 11.3 Å². The lowest BCUT2D eigenvalue weighted by Gasteiger charge is -2.19. The Kier molecular flexibility index (Phi) is 5.28. The monoisotopic (exact) mass is 295 g/mol. The molecule has 110 valence electrons. The average Bonchev–Trinajstić information content (AvgIpc) is 3.08. The zero-order valence-corrected chi connectivity index (χ0v) is 12.8. The van der Waals surface area contributed by atoms with E-state index < -0.39 is 5.54 Å². The van der Waals surface area contributed by atoms with Crippen molar-refractivity contribution < 1.29 is 9.26 Å². The van der Waals surface area contributed by atoms with Crippen molar-refractivity contribution in [3.8, 4) is 0 Å². The summed E-state index contributed by atoms with van der Waals surface area (Å²) < 4.78 is 10.6. The highest BCUT2D eigenvalue weighted by Gasteiger charge is 2.27. The quantitative estimate of drug-likeness (QED) is 0.810. The molecule has 0 spiro atoms. The summed E-state index contributed by atoms with van der Waals surface area (Å²) in [6.45, 7) is 4.79. The van der Waals surface area contributed by atoms with Gasteiger partial charge in [-0.25, -0.2) is 0 Å². The number of ether oxygens (including phenoxy) is 1. The van der Waals surface area contributed by atoms with E-state index in [0.717, 1.165) is 19.3 Å². The predicted molar refractivity (Wildman–Crippen MR) is 78.7 cm³/mol. The molecule has 0 aliphatic carbocycles. The summed E-state index contributed by atoms with van der Waals surface area (Å²) in [5.74, 6) is 1.15. The van der Waals surface area contributed by atoms with Gasteiger partial charge < -0.3 is 15.0 Å². The van der Waals surface area contributed by atoms with Crippen LogP contribution in [0.15, 0.2) is 22.0 Å². The Morgan fingerprint density at radius 1 is 1.45 bits per heavy atom. The normalized spacial score (nSPS) is 14.3. The van der Waals surface area contributed by atoms with Crippen LogP contribution in [0.3, 0.4) is 0 Å². The first-order valence-electron chi connectivity index (χ1n) is 6.84. The molecule has 0 bridgehead atoms. The zero-order chi connectivity index (χ0) is 14.4. The molecular weight excluding hydrogens is 274 g/mol. The molecule has 0 radical (unpaired) electrons. The van der Waals surface area contributed by atoms with Crippen LogP contribution in [0.5, 0.6) is 0 Å². The number of thiophene rings is 1. The van der Waals surface area contributed by atoms with Crippen LogP contribution in [0.25, 0.3) is 0 Å². The second kappa shape index (κ2) is 6.97. The van der Waals surface area contributed by atoms with Crippen molar-refractivity contribution in [2.24, 2.45) is 5.73 Å². The van der Waals surface area contributed by atoms with Crippen molar-refractivity contribution >= 4 is 11.3 Å². The van der Waals surface area contributed by atoms with Gasteiger partial charge in [-0.1, -0.05) is 11.2 Å². The van der Waals surface area contributed by atoms with Crippen molar-refractivity contribution in [3.63, 3.8) is 0 Å². The van der Waals surface area contributed by atoms with Crippen molar-refractivity contribution in [2.75, 3.05) is 13.2 Å². The Hall–Kier alpha value is -1.24. The second-order valence-corrected chi connectivity index (χ2v) is 6.03. The van der Waals surface area contributed by atoms with Crippen molar-refractivity contribution in [3.05, 3.63) is 34.1 Å². The van der Waals surface area contributed by atoms with Gasteiger partial charge >= 0.3 is 0 Å². The summed E-state index contributed by atoms with van der Waals surface area (Å²) in [6, 6.07) is 4.21. The number of nitrogens with two attached hydrogens (primary N) is 1. The molecule has 2 rings (SSSR count). The van der Waals surface area contributed by atoms with Crippen LogP contribution < -0.4 is 5.73 Å². The Balaban J connectivity index is 1.85. The van der Waals surface area contributed by atoms with Gasteiger partial charge in [0.25, 0.3) is 0 Å². The maximum atomic E-state index is 6.13. The van der Waals surface area contributed by atoms with E-state index in [1.807, 2.05) is 13.8 Å². The minimum absolute atomic E-state index is 0.387. The van der Waals surface area contributed by atoms with Crippen LogP contribution in [0.2, 0.25) is 0 Å². The second-order valence-electron chi connectivity index (χ2n) is 5.00. The summed E-state index contributed by atoms with van der Waals surface area (Å²) in [6.07, 6.45) is 2.80. The molecule has 2 aromatic heterocycles. The van der Waals surface area contributed by atoms with Crippen LogP contribution in [0.4, 0.5) is 0 Å². The standard InChI is InChI=1S/C14H21N3O2S/c1-3-18-10-14(2,15)13-16-12(19-17-13)8-4-6-11-7-5-9-20-11/h5,7,9H,3-4,6,8,10,15H2,1-2H3. The highest BCUT2D eigenvalue weighted by atomic mass is 32.1. The Bertz CT molecular complexity index is 508. The van der Waals surface area contributed by atoms with Gasteiger partial charge in [0.15, 0.2) is 5.82 Å². The molecule has 20 heavy (non-hydrogen) atoms. The molecule has 0 aliphatic heterocycles. The topological polar surface area (TPSA) is 74.2 Å². The molecule has 0 aromatic carbocycles. The summed E-state index contributed by atoms with van der Waals surface area (Å²) in [7, 11) is 0. The third-order valence-corrected chi connectivity index (χ3v) is 3.92. The Morgan fingerprint density at radius 2 is 2.30 bits per heavy atom. The lowest BCUT2D eigenvalue weighted by molar-refractivity contribution is 0.0962. The molecule has 0 fully saturated rings. The van der Waals surface area contributed by atoms with Crippen molar-refractivity contribution in [1.29, 1.82) is 0 Å². The largest absolute Gasteiger partial charge is 0.379 e. The first kappa shape index (κ1) is 15.2. The van der Waals surface area contributed by atoms with Gasteiger partial charge in [0, 0.05) is 17.9 Å². The molecule has 0 amide bonds. The fourth-order valence-electron chi connectivity index (χ4n) is 1.84. The zero-order valence-electron chi connectivity index (χ0n) is 12.0. The minimum atomic E-state index is -0.703. The van der Waals surface area contributed by atoms with E-state index in [9.17, 15) is 0 Å².